The van der Waals surface area contributed by atoms with Crippen LogP contribution in [0.1, 0.15) is 23.2 Å². The van der Waals surface area contributed by atoms with Gasteiger partial charge in [0.25, 0.3) is 0 Å². The van der Waals surface area contributed by atoms with Crippen molar-refractivity contribution in [3.8, 4) is 0 Å². The van der Waals surface area contributed by atoms with Gasteiger partial charge in [0.2, 0.25) is 5.91 Å². The van der Waals surface area contributed by atoms with Crippen LogP contribution >= 0.6 is 11.6 Å². The SMILES string of the molecule is O=C(CNCC(O)C1CC1)Nc1cc(C(=O)O)ccc1Cl. The summed E-state index contributed by atoms with van der Waals surface area (Å²) in [6, 6.07) is 4.09. The van der Waals surface area contributed by atoms with Crippen molar-refractivity contribution in [2.24, 2.45) is 5.92 Å². The van der Waals surface area contributed by atoms with Gasteiger partial charge in [-0.05, 0) is 37.0 Å². The highest BCUT2D eigenvalue weighted by atomic mass is 35.5. The molecule has 114 valence electrons. The summed E-state index contributed by atoms with van der Waals surface area (Å²) < 4.78 is 0. The molecular formula is C14H17ClN2O4. The highest BCUT2D eigenvalue weighted by Crippen LogP contribution is 2.32. The van der Waals surface area contributed by atoms with E-state index in [1.165, 1.54) is 18.2 Å². The minimum atomic E-state index is -1.09. The van der Waals surface area contributed by atoms with Gasteiger partial charge in [0, 0.05) is 6.54 Å². The second-order valence-corrected chi connectivity index (χ2v) is 5.49. The molecule has 2 rings (SSSR count). The maximum Gasteiger partial charge on any atom is 0.335 e. The minimum absolute atomic E-state index is 0.0252. The van der Waals surface area contributed by atoms with Crippen molar-refractivity contribution >= 4 is 29.2 Å². The lowest BCUT2D eigenvalue weighted by molar-refractivity contribution is -0.115. The Kier molecular flexibility index (Phi) is 5.17. The van der Waals surface area contributed by atoms with Crippen LogP contribution < -0.4 is 10.6 Å². The molecule has 7 heteroatoms. The van der Waals surface area contributed by atoms with Gasteiger partial charge < -0.3 is 20.8 Å². The van der Waals surface area contributed by atoms with Gasteiger partial charge in [0.05, 0.1) is 28.9 Å². The van der Waals surface area contributed by atoms with Crippen molar-refractivity contribution < 1.29 is 19.8 Å². The highest BCUT2D eigenvalue weighted by molar-refractivity contribution is 6.33. The predicted molar refractivity (Wildman–Crippen MR) is 78.6 cm³/mol. The van der Waals surface area contributed by atoms with Gasteiger partial charge in [-0.3, -0.25) is 4.79 Å². The molecule has 0 aromatic heterocycles. The lowest BCUT2D eigenvalue weighted by Crippen LogP contribution is -2.34. The molecule has 1 saturated carbocycles. The number of halogens is 1. The first-order valence-corrected chi connectivity index (χ1v) is 7.06. The Balaban J connectivity index is 1.83. The fraction of sp³-hybridized carbons (Fsp3) is 0.429. The normalized spacial score (nSPS) is 15.5. The summed E-state index contributed by atoms with van der Waals surface area (Å²) in [6.07, 6.45) is 1.65. The fourth-order valence-electron chi connectivity index (χ4n) is 1.93. The van der Waals surface area contributed by atoms with E-state index in [9.17, 15) is 14.7 Å². The lowest BCUT2D eigenvalue weighted by atomic mass is 10.2. The Bertz CT molecular complexity index is 546. The number of hydrogen-bond acceptors (Lipinski definition) is 4. The maximum absolute atomic E-state index is 11.8. The zero-order valence-corrected chi connectivity index (χ0v) is 12.1. The molecule has 0 radical (unpaired) electrons. The molecule has 1 amide bonds. The average Bonchev–Trinajstić information content (AvgIpc) is 3.25. The number of benzene rings is 1. The summed E-state index contributed by atoms with van der Waals surface area (Å²) in [4.78, 5) is 22.6. The number of carbonyl (C=O) groups is 2. The van der Waals surface area contributed by atoms with Crippen molar-refractivity contribution in [3.05, 3.63) is 28.8 Å². The number of aliphatic hydroxyl groups excluding tert-OH is 1. The number of rotatable bonds is 7. The van der Waals surface area contributed by atoms with Crippen LogP contribution in [0.25, 0.3) is 0 Å². The predicted octanol–water partition coefficient (Wildman–Crippen LogP) is 1.34. The van der Waals surface area contributed by atoms with Gasteiger partial charge in [-0.15, -0.1) is 0 Å². The number of carboxylic acids is 1. The Hall–Kier alpha value is -1.63. The Labute approximate surface area is 127 Å². The number of amides is 1. The molecule has 1 fully saturated rings. The summed E-state index contributed by atoms with van der Waals surface area (Å²) >= 11 is 5.91. The van der Waals surface area contributed by atoms with E-state index in [-0.39, 0.29) is 28.7 Å². The van der Waals surface area contributed by atoms with Crippen molar-refractivity contribution in [1.29, 1.82) is 0 Å². The topological polar surface area (TPSA) is 98.7 Å². The van der Waals surface area contributed by atoms with E-state index < -0.39 is 12.1 Å². The van der Waals surface area contributed by atoms with Crippen LogP contribution in [0.5, 0.6) is 0 Å². The second kappa shape index (κ2) is 6.89. The van der Waals surface area contributed by atoms with Crippen LogP contribution in [-0.2, 0) is 4.79 Å². The van der Waals surface area contributed by atoms with E-state index in [2.05, 4.69) is 10.6 Å². The maximum atomic E-state index is 11.8. The Morgan fingerprint density at radius 1 is 1.38 bits per heavy atom. The molecule has 1 aromatic carbocycles. The standard InChI is InChI=1S/C14H17ClN2O4/c15-10-4-3-9(14(20)21)5-11(10)17-13(19)7-16-6-12(18)8-1-2-8/h3-5,8,12,16,18H,1-2,6-7H2,(H,17,19)(H,20,21). The Morgan fingerprint density at radius 3 is 2.71 bits per heavy atom. The quantitative estimate of drug-likeness (QED) is 0.609. The number of anilines is 1. The smallest absolute Gasteiger partial charge is 0.335 e. The largest absolute Gasteiger partial charge is 0.478 e. The van der Waals surface area contributed by atoms with Crippen LogP contribution in [-0.4, -0.2) is 41.3 Å². The summed E-state index contributed by atoms with van der Waals surface area (Å²) in [7, 11) is 0. The molecular weight excluding hydrogens is 296 g/mol. The van der Waals surface area contributed by atoms with Crippen molar-refractivity contribution in [2.75, 3.05) is 18.4 Å². The second-order valence-electron chi connectivity index (χ2n) is 5.08. The van der Waals surface area contributed by atoms with Crippen LogP contribution in [0.3, 0.4) is 0 Å². The molecule has 0 heterocycles. The number of nitrogens with one attached hydrogen (secondary N) is 2. The number of carbonyl (C=O) groups excluding carboxylic acids is 1. The fourth-order valence-corrected chi connectivity index (χ4v) is 2.09. The third-order valence-electron chi connectivity index (χ3n) is 3.29. The summed E-state index contributed by atoms with van der Waals surface area (Å²) in [6.45, 7) is 0.387. The number of aliphatic hydroxyl groups is 1. The minimum Gasteiger partial charge on any atom is -0.478 e. The summed E-state index contributed by atoms with van der Waals surface area (Å²) in [5.74, 6) is -1.09. The first-order chi connectivity index (χ1) is 9.97. The van der Waals surface area contributed by atoms with Gasteiger partial charge in [0.1, 0.15) is 0 Å². The van der Waals surface area contributed by atoms with E-state index in [4.69, 9.17) is 16.7 Å². The molecule has 1 aromatic rings. The molecule has 6 nitrogen and oxygen atoms in total. The highest BCUT2D eigenvalue weighted by Gasteiger charge is 2.29. The number of carboxylic acid groups (broad SMARTS) is 1. The van der Waals surface area contributed by atoms with Gasteiger partial charge in [-0.1, -0.05) is 11.6 Å². The zero-order chi connectivity index (χ0) is 15.4. The third-order valence-corrected chi connectivity index (χ3v) is 3.62. The molecule has 0 bridgehead atoms. The van der Waals surface area contributed by atoms with Crippen molar-refractivity contribution in [3.63, 3.8) is 0 Å². The van der Waals surface area contributed by atoms with E-state index in [0.29, 0.717) is 12.5 Å². The summed E-state index contributed by atoms with van der Waals surface area (Å²) in [5, 5.41) is 24.2. The van der Waals surface area contributed by atoms with Crippen LogP contribution in [0.2, 0.25) is 5.02 Å². The van der Waals surface area contributed by atoms with Crippen LogP contribution in [0, 0.1) is 5.92 Å². The third kappa shape index (κ3) is 4.70. The van der Waals surface area contributed by atoms with Crippen LogP contribution in [0.4, 0.5) is 5.69 Å². The van der Waals surface area contributed by atoms with E-state index in [1.54, 1.807) is 0 Å². The van der Waals surface area contributed by atoms with E-state index in [0.717, 1.165) is 12.8 Å². The monoisotopic (exact) mass is 312 g/mol. The molecule has 1 unspecified atom stereocenters. The van der Waals surface area contributed by atoms with E-state index >= 15 is 0 Å². The van der Waals surface area contributed by atoms with Crippen molar-refractivity contribution in [1.82, 2.24) is 5.32 Å². The molecule has 1 atom stereocenters. The first-order valence-electron chi connectivity index (χ1n) is 6.69. The molecule has 1 aliphatic rings. The number of aromatic carboxylic acids is 1. The summed E-state index contributed by atoms with van der Waals surface area (Å²) in [5.41, 5.74) is 0.304. The van der Waals surface area contributed by atoms with Gasteiger partial charge in [-0.25, -0.2) is 4.79 Å². The van der Waals surface area contributed by atoms with Crippen molar-refractivity contribution in [2.45, 2.75) is 18.9 Å². The molecule has 0 aliphatic heterocycles. The first kappa shape index (κ1) is 15.8. The molecule has 0 spiro atoms. The van der Waals surface area contributed by atoms with Crippen LogP contribution in [0.15, 0.2) is 18.2 Å². The molecule has 0 saturated heterocycles. The van der Waals surface area contributed by atoms with Gasteiger partial charge in [0.15, 0.2) is 0 Å². The Morgan fingerprint density at radius 2 is 2.10 bits per heavy atom. The molecule has 4 N–H and O–H groups in total. The lowest BCUT2D eigenvalue weighted by Gasteiger charge is -2.11. The van der Waals surface area contributed by atoms with Gasteiger partial charge >= 0.3 is 5.97 Å². The number of hydrogen-bond donors (Lipinski definition) is 4. The molecule has 1 aliphatic carbocycles. The zero-order valence-electron chi connectivity index (χ0n) is 11.3. The molecule has 21 heavy (non-hydrogen) atoms. The van der Waals surface area contributed by atoms with E-state index in [1.807, 2.05) is 0 Å². The van der Waals surface area contributed by atoms with Gasteiger partial charge in [-0.2, -0.15) is 0 Å². The average molecular weight is 313 g/mol.